The molecule has 1 rings (SSSR count). The highest BCUT2D eigenvalue weighted by Crippen LogP contribution is 2.22. The van der Waals surface area contributed by atoms with E-state index in [1.807, 2.05) is 0 Å². The first-order valence-electron chi connectivity index (χ1n) is 6.40. The number of hydrogen-bond donors (Lipinski definition) is 1. The minimum absolute atomic E-state index is 0.129. The van der Waals surface area contributed by atoms with Crippen LogP contribution in [0.1, 0.15) is 27.7 Å². The van der Waals surface area contributed by atoms with Crippen LogP contribution >= 0.6 is 0 Å². The van der Waals surface area contributed by atoms with Crippen LogP contribution in [0.25, 0.3) is 0 Å². The van der Waals surface area contributed by atoms with Crippen molar-refractivity contribution in [2.75, 3.05) is 11.9 Å². The Morgan fingerprint density at radius 1 is 1.11 bits per heavy atom. The molecule has 0 bridgehead atoms. The number of nitro groups is 1. The van der Waals surface area contributed by atoms with E-state index in [-0.39, 0.29) is 10.6 Å². The molecule has 0 radical (unpaired) electrons. The van der Waals surface area contributed by atoms with E-state index in [1.165, 1.54) is 12.1 Å². The number of nitrogens with one attached hydrogen (secondary N) is 1. The van der Waals surface area contributed by atoms with Crippen LogP contribution in [0.3, 0.4) is 0 Å². The van der Waals surface area contributed by atoms with E-state index in [4.69, 9.17) is 0 Å². The molecular weight excluding hydrogens is 228 g/mol. The minimum Gasteiger partial charge on any atom is -0.385 e. The van der Waals surface area contributed by atoms with Crippen LogP contribution in [0.15, 0.2) is 24.3 Å². The monoisotopic (exact) mass is 250 g/mol. The molecule has 4 nitrogen and oxygen atoms in total. The fourth-order valence-corrected chi connectivity index (χ4v) is 2.18. The van der Waals surface area contributed by atoms with Gasteiger partial charge in [0.1, 0.15) is 0 Å². The highest BCUT2D eigenvalue weighted by atomic mass is 16.6. The van der Waals surface area contributed by atoms with Crippen molar-refractivity contribution in [1.82, 2.24) is 0 Å². The second-order valence-electron chi connectivity index (χ2n) is 5.34. The summed E-state index contributed by atoms with van der Waals surface area (Å²) < 4.78 is 0. The number of nitro benzene ring substituents is 1. The molecule has 0 fully saturated rings. The Bertz CT molecular complexity index is 377. The molecule has 100 valence electrons. The number of anilines is 1. The van der Waals surface area contributed by atoms with Crippen LogP contribution in [-0.4, -0.2) is 11.5 Å². The number of benzene rings is 1. The van der Waals surface area contributed by atoms with Gasteiger partial charge in [-0.05, 0) is 29.9 Å². The zero-order chi connectivity index (χ0) is 13.7. The predicted octanol–water partition coefficient (Wildman–Crippen LogP) is 3.93. The molecule has 0 saturated heterocycles. The molecule has 1 N–H and O–H groups in total. The summed E-state index contributed by atoms with van der Waals surface area (Å²) in [7, 11) is 0. The van der Waals surface area contributed by atoms with E-state index in [1.54, 1.807) is 12.1 Å². The molecule has 4 heteroatoms. The summed E-state index contributed by atoms with van der Waals surface area (Å²) in [5, 5.41) is 13.9. The van der Waals surface area contributed by atoms with Crippen LogP contribution in [0.4, 0.5) is 11.4 Å². The molecule has 18 heavy (non-hydrogen) atoms. The van der Waals surface area contributed by atoms with Gasteiger partial charge in [-0.15, -0.1) is 0 Å². The molecule has 0 heterocycles. The van der Waals surface area contributed by atoms with Crippen molar-refractivity contribution in [3.63, 3.8) is 0 Å². The lowest BCUT2D eigenvalue weighted by Gasteiger charge is -2.25. The molecule has 0 saturated carbocycles. The van der Waals surface area contributed by atoms with Crippen molar-refractivity contribution < 1.29 is 4.92 Å². The van der Waals surface area contributed by atoms with Crippen LogP contribution < -0.4 is 5.32 Å². The van der Waals surface area contributed by atoms with Crippen molar-refractivity contribution in [1.29, 1.82) is 0 Å². The van der Waals surface area contributed by atoms with Crippen molar-refractivity contribution in [2.24, 2.45) is 17.8 Å². The summed E-state index contributed by atoms with van der Waals surface area (Å²) in [5.74, 6) is 1.84. The van der Waals surface area contributed by atoms with Crippen molar-refractivity contribution >= 4 is 11.4 Å². The number of non-ortho nitro benzene ring substituents is 1. The number of rotatable bonds is 6. The second kappa shape index (κ2) is 6.38. The first-order chi connectivity index (χ1) is 8.41. The highest BCUT2D eigenvalue weighted by molar-refractivity contribution is 5.48. The molecule has 0 unspecified atom stereocenters. The van der Waals surface area contributed by atoms with Gasteiger partial charge in [-0.3, -0.25) is 10.1 Å². The van der Waals surface area contributed by atoms with Crippen LogP contribution in [0.5, 0.6) is 0 Å². The standard InChI is InChI=1S/C14H22N2O2/c1-10(2)14(11(3)4)9-15-12-5-7-13(8-6-12)16(17)18/h5-8,10-11,14-15H,9H2,1-4H3. The van der Waals surface area contributed by atoms with E-state index in [9.17, 15) is 10.1 Å². The van der Waals surface area contributed by atoms with Crippen LogP contribution in [0.2, 0.25) is 0 Å². The molecular formula is C14H22N2O2. The summed E-state index contributed by atoms with van der Waals surface area (Å²) in [5.41, 5.74) is 1.07. The molecule has 0 aliphatic carbocycles. The molecule has 0 aromatic heterocycles. The number of hydrogen-bond acceptors (Lipinski definition) is 3. The Kier molecular flexibility index (Phi) is 5.13. The summed E-state index contributed by atoms with van der Waals surface area (Å²) in [4.78, 5) is 10.2. The first-order valence-corrected chi connectivity index (χ1v) is 6.40. The Morgan fingerprint density at radius 2 is 1.61 bits per heavy atom. The van der Waals surface area contributed by atoms with Gasteiger partial charge in [0, 0.05) is 24.4 Å². The van der Waals surface area contributed by atoms with E-state index in [0.717, 1.165) is 12.2 Å². The summed E-state index contributed by atoms with van der Waals surface area (Å²) in [6.45, 7) is 9.79. The summed E-state index contributed by atoms with van der Waals surface area (Å²) >= 11 is 0. The topological polar surface area (TPSA) is 55.2 Å². The van der Waals surface area contributed by atoms with Gasteiger partial charge in [0.2, 0.25) is 0 Å². The lowest BCUT2D eigenvalue weighted by atomic mass is 9.85. The van der Waals surface area contributed by atoms with Crippen molar-refractivity contribution in [2.45, 2.75) is 27.7 Å². The van der Waals surface area contributed by atoms with Crippen LogP contribution in [0, 0.1) is 27.9 Å². The van der Waals surface area contributed by atoms with Crippen molar-refractivity contribution in [3.8, 4) is 0 Å². The maximum atomic E-state index is 10.5. The fourth-order valence-electron chi connectivity index (χ4n) is 2.18. The van der Waals surface area contributed by atoms with E-state index in [2.05, 4.69) is 33.0 Å². The molecule has 1 aromatic carbocycles. The van der Waals surface area contributed by atoms with Crippen molar-refractivity contribution in [3.05, 3.63) is 34.4 Å². The second-order valence-corrected chi connectivity index (χ2v) is 5.34. The largest absolute Gasteiger partial charge is 0.385 e. The van der Waals surface area contributed by atoms with Gasteiger partial charge in [0.25, 0.3) is 5.69 Å². The lowest BCUT2D eigenvalue weighted by Crippen LogP contribution is -2.24. The van der Waals surface area contributed by atoms with Gasteiger partial charge in [-0.25, -0.2) is 0 Å². The minimum atomic E-state index is -0.380. The van der Waals surface area contributed by atoms with Crippen LogP contribution in [-0.2, 0) is 0 Å². The Balaban J connectivity index is 2.60. The first kappa shape index (κ1) is 14.5. The predicted molar refractivity (Wildman–Crippen MR) is 74.8 cm³/mol. The molecule has 1 aromatic rings. The molecule has 0 amide bonds. The Hall–Kier alpha value is -1.58. The SMILES string of the molecule is CC(C)C(CNc1ccc([N+](=O)[O-])cc1)C(C)C. The lowest BCUT2D eigenvalue weighted by molar-refractivity contribution is -0.384. The fraction of sp³-hybridized carbons (Fsp3) is 0.571. The average molecular weight is 250 g/mol. The highest BCUT2D eigenvalue weighted by Gasteiger charge is 2.17. The zero-order valence-corrected chi connectivity index (χ0v) is 11.5. The van der Waals surface area contributed by atoms with Gasteiger partial charge in [-0.2, -0.15) is 0 Å². The average Bonchev–Trinajstić information content (AvgIpc) is 2.28. The maximum absolute atomic E-state index is 10.5. The van der Waals surface area contributed by atoms with Gasteiger partial charge in [0.15, 0.2) is 0 Å². The molecule has 0 aliphatic heterocycles. The quantitative estimate of drug-likeness (QED) is 0.614. The molecule has 0 aliphatic rings. The van der Waals surface area contributed by atoms with Gasteiger partial charge in [0.05, 0.1) is 4.92 Å². The normalized spacial score (nSPS) is 11.3. The zero-order valence-electron chi connectivity index (χ0n) is 11.5. The molecule has 0 spiro atoms. The Labute approximate surface area is 109 Å². The Morgan fingerprint density at radius 3 is 2.00 bits per heavy atom. The molecule has 0 atom stereocenters. The third-order valence-electron chi connectivity index (χ3n) is 3.33. The third-order valence-corrected chi connectivity index (χ3v) is 3.33. The van der Waals surface area contributed by atoms with E-state index >= 15 is 0 Å². The van der Waals surface area contributed by atoms with Gasteiger partial charge in [-0.1, -0.05) is 27.7 Å². The third kappa shape index (κ3) is 4.02. The summed E-state index contributed by atoms with van der Waals surface area (Å²) in [6, 6.07) is 6.58. The van der Waals surface area contributed by atoms with Gasteiger partial charge >= 0.3 is 0 Å². The van der Waals surface area contributed by atoms with E-state index < -0.39 is 0 Å². The van der Waals surface area contributed by atoms with E-state index in [0.29, 0.717) is 17.8 Å². The maximum Gasteiger partial charge on any atom is 0.269 e. The summed E-state index contributed by atoms with van der Waals surface area (Å²) in [6.07, 6.45) is 0. The van der Waals surface area contributed by atoms with Gasteiger partial charge < -0.3 is 5.32 Å². The number of nitrogens with zero attached hydrogens (tertiary/aromatic N) is 1. The smallest absolute Gasteiger partial charge is 0.269 e.